The quantitative estimate of drug-likeness (QED) is 0.472. The number of esters is 1. The molecule has 1 aromatic rings. The predicted octanol–water partition coefficient (Wildman–Crippen LogP) is 1.85. The van der Waals surface area contributed by atoms with Crippen molar-refractivity contribution < 1.29 is 19.1 Å². The first-order chi connectivity index (χ1) is 10.1. The monoisotopic (exact) mass is 305 g/mol. The summed E-state index contributed by atoms with van der Waals surface area (Å²) in [5, 5.41) is 0.461. The number of Topliss-reactive ketones (excluding diaryl/α,β-unsaturated/α-hetero) is 1. The van der Waals surface area contributed by atoms with E-state index in [0.29, 0.717) is 10.6 Å². The smallest absolute Gasteiger partial charge is 0.333 e. The lowest BCUT2D eigenvalue weighted by Gasteiger charge is -2.15. The van der Waals surface area contributed by atoms with Crippen LogP contribution in [0.25, 0.3) is 0 Å². The van der Waals surface area contributed by atoms with E-state index in [1.807, 2.05) is 6.07 Å². The number of carbonyl (C=O) groups is 3. The highest BCUT2D eigenvalue weighted by Crippen LogP contribution is 2.28. The molecule has 0 N–H and O–H groups in total. The Kier molecular flexibility index (Phi) is 5.16. The molecule has 2 rings (SSSR count). The van der Waals surface area contributed by atoms with Crippen molar-refractivity contribution >= 4 is 29.4 Å². The Hall–Kier alpha value is -2.08. The molecule has 1 fully saturated rings. The van der Waals surface area contributed by atoms with Crippen LogP contribution in [0.1, 0.15) is 17.3 Å². The molecule has 110 valence electrons. The second-order valence-electron chi connectivity index (χ2n) is 4.29. The molecular weight excluding hydrogens is 290 g/mol. The minimum Gasteiger partial charge on any atom is -0.463 e. The summed E-state index contributed by atoms with van der Waals surface area (Å²) in [6, 6.07) is 8.75. The van der Waals surface area contributed by atoms with Crippen molar-refractivity contribution in [2.24, 2.45) is 0 Å². The van der Waals surface area contributed by atoms with E-state index >= 15 is 0 Å². The van der Waals surface area contributed by atoms with Gasteiger partial charge in [0.25, 0.3) is 0 Å². The van der Waals surface area contributed by atoms with Crippen LogP contribution >= 0.6 is 11.8 Å². The molecule has 6 heteroatoms. The lowest BCUT2D eigenvalue weighted by molar-refractivity contribution is -0.137. The summed E-state index contributed by atoms with van der Waals surface area (Å²) < 4.78 is 4.83. The molecule has 0 unspecified atom stereocenters. The molecule has 0 bridgehead atoms. The molecule has 21 heavy (non-hydrogen) atoms. The summed E-state index contributed by atoms with van der Waals surface area (Å²) in [4.78, 5) is 36.8. The van der Waals surface area contributed by atoms with E-state index in [9.17, 15) is 14.4 Å². The van der Waals surface area contributed by atoms with Gasteiger partial charge in [-0.15, -0.1) is 0 Å². The topological polar surface area (TPSA) is 63.7 Å². The van der Waals surface area contributed by atoms with Crippen molar-refractivity contribution in [2.45, 2.75) is 6.92 Å². The van der Waals surface area contributed by atoms with Crippen molar-refractivity contribution in [3.8, 4) is 0 Å². The molecule has 0 atom stereocenters. The minimum atomic E-state index is -0.508. The maximum absolute atomic E-state index is 12.2. The fourth-order valence-electron chi connectivity index (χ4n) is 1.84. The Morgan fingerprint density at radius 3 is 2.71 bits per heavy atom. The van der Waals surface area contributed by atoms with E-state index < -0.39 is 5.97 Å². The molecule has 1 amide bonds. The largest absolute Gasteiger partial charge is 0.463 e. The number of amides is 1. The number of benzene rings is 1. The molecule has 5 nitrogen and oxygen atoms in total. The molecule has 0 radical (unpaired) electrons. The van der Waals surface area contributed by atoms with Crippen LogP contribution in [0.2, 0.25) is 0 Å². The number of nitrogens with zero attached hydrogens (tertiary/aromatic N) is 1. The van der Waals surface area contributed by atoms with E-state index in [-0.39, 0.29) is 30.6 Å². The number of ketones is 1. The molecule has 1 aliphatic rings. The summed E-state index contributed by atoms with van der Waals surface area (Å²) in [6.07, 6.45) is 1.26. The Labute approximate surface area is 127 Å². The molecule has 1 aliphatic heterocycles. The van der Waals surface area contributed by atoms with Gasteiger partial charge in [0.15, 0.2) is 5.78 Å². The third-order valence-electron chi connectivity index (χ3n) is 2.84. The van der Waals surface area contributed by atoms with Crippen molar-refractivity contribution in [3.63, 3.8) is 0 Å². The maximum Gasteiger partial charge on any atom is 0.333 e. The fourth-order valence-corrected chi connectivity index (χ4v) is 2.77. The van der Waals surface area contributed by atoms with Crippen molar-refractivity contribution in [3.05, 3.63) is 47.0 Å². The van der Waals surface area contributed by atoms with E-state index in [4.69, 9.17) is 4.74 Å². The van der Waals surface area contributed by atoms with Gasteiger partial charge in [0, 0.05) is 5.56 Å². The van der Waals surface area contributed by atoms with Crippen molar-refractivity contribution in [2.75, 3.05) is 18.9 Å². The van der Waals surface area contributed by atoms with Gasteiger partial charge in [-0.05, 0) is 6.92 Å². The van der Waals surface area contributed by atoms with Gasteiger partial charge < -0.3 is 4.74 Å². The molecule has 1 aromatic carbocycles. The van der Waals surface area contributed by atoms with E-state index in [2.05, 4.69) is 0 Å². The Bertz CT molecular complexity index is 583. The van der Waals surface area contributed by atoms with Gasteiger partial charge >= 0.3 is 5.97 Å². The summed E-state index contributed by atoms with van der Waals surface area (Å²) in [5.41, 5.74) is 0.540. The van der Waals surface area contributed by atoms with Crippen LogP contribution in [0.15, 0.2) is 41.4 Å². The predicted molar refractivity (Wildman–Crippen MR) is 79.7 cm³/mol. The van der Waals surface area contributed by atoms with Crippen LogP contribution in [0.3, 0.4) is 0 Å². The van der Waals surface area contributed by atoms with Crippen LogP contribution in [0.5, 0.6) is 0 Å². The average molecular weight is 305 g/mol. The van der Waals surface area contributed by atoms with Crippen LogP contribution in [0, 0.1) is 0 Å². The molecule has 0 saturated carbocycles. The normalized spacial score (nSPS) is 16.3. The standard InChI is InChI=1S/C15H15NO4S/c1-2-20-15(19)8-14-16(13(18)10-21-14)9-12(17)11-6-4-3-5-7-11/h3-8H,2,9-10H2,1H3. The maximum atomic E-state index is 12.2. The highest BCUT2D eigenvalue weighted by atomic mass is 32.2. The highest BCUT2D eigenvalue weighted by Gasteiger charge is 2.29. The second-order valence-corrected chi connectivity index (χ2v) is 5.29. The molecule has 0 aliphatic carbocycles. The van der Waals surface area contributed by atoms with Crippen molar-refractivity contribution in [1.29, 1.82) is 0 Å². The van der Waals surface area contributed by atoms with Gasteiger partial charge in [0.2, 0.25) is 5.91 Å². The van der Waals surface area contributed by atoms with Gasteiger partial charge in [-0.25, -0.2) is 4.79 Å². The van der Waals surface area contributed by atoms with Gasteiger partial charge in [-0.2, -0.15) is 0 Å². The Balaban J connectivity index is 2.11. The van der Waals surface area contributed by atoms with Gasteiger partial charge in [0.05, 0.1) is 30.0 Å². The van der Waals surface area contributed by atoms with Gasteiger partial charge in [0.1, 0.15) is 0 Å². The lowest BCUT2D eigenvalue weighted by atomic mass is 10.1. The van der Waals surface area contributed by atoms with Gasteiger partial charge in [-0.1, -0.05) is 42.1 Å². The highest BCUT2D eigenvalue weighted by molar-refractivity contribution is 8.04. The average Bonchev–Trinajstić information content (AvgIpc) is 2.81. The van der Waals surface area contributed by atoms with Crippen LogP contribution in [0.4, 0.5) is 0 Å². The molecule has 0 spiro atoms. The van der Waals surface area contributed by atoms with Crippen LogP contribution < -0.4 is 0 Å². The summed E-state index contributed by atoms with van der Waals surface area (Å²) in [5.74, 6) is -0.624. The molecule has 0 aromatic heterocycles. The summed E-state index contributed by atoms with van der Waals surface area (Å²) in [7, 11) is 0. The number of ether oxygens (including phenoxy) is 1. The SMILES string of the molecule is CCOC(=O)C=C1SCC(=O)N1CC(=O)c1ccccc1. The van der Waals surface area contributed by atoms with E-state index in [1.54, 1.807) is 31.2 Å². The Morgan fingerprint density at radius 1 is 1.33 bits per heavy atom. The van der Waals surface area contributed by atoms with Gasteiger partial charge in [-0.3, -0.25) is 14.5 Å². The third kappa shape index (κ3) is 3.95. The van der Waals surface area contributed by atoms with Crippen LogP contribution in [-0.2, 0) is 14.3 Å². The molecule has 1 saturated heterocycles. The van der Waals surface area contributed by atoms with Crippen molar-refractivity contribution in [1.82, 2.24) is 4.90 Å². The number of hydrogen-bond donors (Lipinski definition) is 0. The van der Waals surface area contributed by atoms with E-state index in [0.717, 1.165) is 0 Å². The lowest BCUT2D eigenvalue weighted by Crippen LogP contribution is -2.31. The minimum absolute atomic E-state index is 0.0684. The second kappa shape index (κ2) is 7.08. The van der Waals surface area contributed by atoms with Crippen LogP contribution in [-0.4, -0.2) is 41.5 Å². The third-order valence-corrected chi connectivity index (χ3v) is 3.86. The summed E-state index contributed by atoms with van der Waals surface area (Å²) >= 11 is 1.23. The molecular formula is C15H15NO4S. The zero-order valence-corrected chi connectivity index (χ0v) is 12.4. The zero-order valence-electron chi connectivity index (χ0n) is 11.6. The number of carbonyl (C=O) groups excluding carboxylic acids is 3. The number of hydrogen-bond acceptors (Lipinski definition) is 5. The Morgan fingerprint density at radius 2 is 2.05 bits per heavy atom. The zero-order chi connectivity index (χ0) is 15.2. The molecule has 1 heterocycles. The first-order valence-corrected chi connectivity index (χ1v) is 7.50. The summed E-state index contributed by atoms with van der Waals surface area (Å²) in [6.45, 7) is 1.91. The van der Waals surface area contributed by atoms with E-state index in [1.165, 1.54) is 22.7 Å². The number of rotatable bonds is 5. The fraction of sp³-hybridized carbons (Fsp3) is 0.267. The number of thioether (sulfide) groups is 1. The first-order valence-electron chi connectivity index (χ1n) is 6.51. The first kappa shape index (κ1) is 15.3.